The summed E-state index contributed by atoms with van der Waals surface area (Å²) in [5.74, 6) is 1.78. The van der Waals surface area contributed by atoms with Crippen LogP contribution in [0.1, 0.15) is 16.7 Å². The Hall–Kier alpha value is -1.32. The van der Waals surface area contributed by atoms with Crippen molar-refractivity contribution in [1.82, 2.24) is 0 Å². The zero-order chi connectivity index (χ0) is 13.8. The summed E-state index contributed by atoms with van der Waals surface area (Å²) in [4.78, 5) is 0. The lowest BCUT2D eigenvalue weighted by molar-refractivity contribution is 0.474. The molecule has 0 aromatic heterocycles. The second kappa shape index (κ2) is 6.22. The van der Waals surface area contributed by atoms with Crippen LogP contribution >= 0.6 is 15.9 Å². The zero-order valence-corrected chi connectivity index (χ0v) is 12.8. The van der Waals surface area contributed by atoms with Crippen molar-refractivity contribution < 1.29 is 4.74 Å². The zero-order valence-electron chi connectivity index (χ0n) is 11.2. The van der Waals surface area contributed by atoms with E-state index in [1.807, 2.05) is 19.1 Å². The number of nitrogens with two attached hydrogens (primary N) is 1. The van der Waals surface area contributed by atoms with Crippen LogP contribution in [0.3, 0.4) is 0 Å². The van der Waals surface area contributed by atoms with Crippen molar-refractivity contribution in [3.05, 3.63) is 57.6 Å². The maximum atomic E-state index is 6.02. The van der Waals surface area contributed by atoms with Crippen molar-refractivity contribution in [2.45, 2.75) is 20.3 Å². The van der Waals surface area contributed by atoms with Crippen LogP contribution in [0.25, 0.3) is 0 Å². The largest absolute Gasteiger partial charge is 0.457 e. The van der Waals surface area contributed by atoms with Gasteiger partial charge in [-0.2, -0.15) is 0 Å². The van der Waals surface area contributed by atoms with Gasteiger partial charge in [0.2, 0.25) is 0 Å². The van der Waals surface area contributed by atoms with Gasteiger partial charge in [-0.05, 0) is 67.8 Å². The monoisotopic (exact) mass is 319 g/mol. The molecule has 2 aromatic rings. The molecular formula is C16H18BrNO. The van der Waals surface area contributed by atoms with Gasteiger partial charge < -0.3 is 10.5 Å². The van der Waals surface area contributed by atoms with Crippen LogP contribution in [-0.2, 0) is 6.42 Å². The van der Waals surface area contributed by atoms with Gasteiger partial charge in [0.05, 0.1) is 0 Å². The standard InChI is InChI=1S/C16H18BrNO/c1-11-3-4-13(7-8-18)10-16(11)19-15-6-5-14(17)9-12(15)2/h3-6,9-10H,7-8,18H2,1-2H3. The molecule has 0 aliphatic carbocycles. The first-order valence-corrected chi connectivity index (χ1v) is 7.13. The second-order valence-corrected chi connectivity index (χ2v) is 5.57. The van der Waals surface area contributed by atoms with E-state index in [1.165, 1.54) is 5.56 Å². The third-order valence-corrected chi connectivity index (χ3v) is 3.54. The maximum absolute atomic E-state index is 6.02. The molecule has 0 amide bonds. The molecule has 0 saturated carbocycles. The molecule has 0 aliphatic rings. The van der Waals surface area contributed by atoms with Crippen molar-refractivity contribution in [2.75, 3.05) is 6.54 Å². The summed E-state index contributed by atoms with van der Waals surface area (Å²) in [6.07, 6.45) is 0.871. The molecule has 100 valence electrons. The summed E-state index contributed by atoms with van der Waals surface area (Å²) in [6, 6.07) is 12.3. The summed E-state index contributed by atoms with van der Waals surface area (Å²) < 4.78 is 7.08. The molecule has 2 aromatic carbocycles. The van der Waals surface area contributed by atoms with Crippen LogP contribution in [0.4, 0.5) is 0 Å². The van der Waals surface area contributed by atoms with Crippen LogP contribution < -0.4 is 10.5 Å². The van der Waals surface area contributed by atoms with Gasteiger partial charge in [-0.3, -0.25) is 0 Å². The third-order valence-electron chi connectivity index (χ3n) is 3.04. The Morgan fingerprint density at radius 3 is 2.47 bits per heavy atom. The van der Waals surface area contributed by atoms with E-state index in [1.54, 1.807) is 0 Å². The summed E-state index contributed by atoms with van der Waals surface area (Å²) in [6.45, 7) is 4.74. The van der Waals surface area contributed by atoms with Gasteiger partial charge in [0.25, 0.3) is 0 Å². The van der Waals surface area contributed by atoms with Crippen LogP contribution in [0.15, 0.2) is 40.9 Å². The van der Waals surface area contributed by atoms with Crippen molar-refractivity contribution >= 4 is 15.9 Å². The molecule has 2 N–H and O–H groups in total. The van der Waals surface area contributed by atoms with E-state index in [2.05, 4.69) is 47.1 Å². The van der Waals surface area contributed by atoms with Gasteiger partial charge in [0.15, 0.2) is 0 Å². The SMILES string of the molecule is Cc1cc(Br)ccc1Oc1cc(CCN)ccc1C. The molecule has 0 bridgehead atoms. The van der Waals surface area contributed by atoms with Crippen LogP contribution in [-0.4, -0.2) is 6.54 Å². The van der Waals surface area contributed by atoms with Crippen LogP contribution in [0.2, 0.25) is 0 Å². The van der Waals surface area contributed by atoms with E-state index in [-0.39, 0.29) is 0 Å². The molecule has 19 heavy (non-hydrogen) atoms. The Morgan fingerprint density at radius 1 is 1.00 bits per heavy atom. The molecule has 0 fully saturated rings. The minimum atomic E-state index is 0.653. The average Bonchev–Trinajstić information content (AvgIpc) is 2.37. The fourth-order valence-corrected chi connectivity index (χ4v) is 2.40. The molecule has 2 nitrogen and oxygen atoms in total. The smallest absolute Gasteiger partial charge is 0.130 e. The fraction of sp³-hybridized carbons (Fsp3) is 0.250. The lowest BCUT2D eigenvalue weighted by Gasteiger charge is -2.12. The summed E-state index contributed by atoms with van der Waals surface area (Å²) in [5, 5.41) is 0. The summed E-state index contributed by atoms with van der Waals surface area (Å²) in [5.41, 5.74) is 9.04. The quantitative estimate of drug-likeness (QED) is 0.908. The van der Waals surface area contributed by atoms with Gasteiger partial charge in [-0.1, -0.05) is 28.1 Å². The number of halogens is 1. The van der Waals surface area contributed by atoms with E-state index >= 15 is 0 Å². The first kappa shape index (κ1) is 14.1. The molecule has 0 heterocycles. The summed E-state index contributed by atoms with van der Waals surface area (Å²) >= 11 is 3.46. The van der Waals surface area contributed by atoms with Gasteiger partial charge in [-0.25, -0.2) is 0 Å². The van der Waals surface area contributed by atoms with Crippen LogP contribution in [0.5, 0.6) is 11.5 Å². The first-order chi connectivity index (χ1) is 9.10. The average molecular weight is 320 g/mol. The van der Waals surface area contributed by atoms with Gasteiger partial charge >= 0.3 is 0 Å². The molecule has 0 saturated heterocycles. The van der Waals surface area contributed by atoms with E-state index in [0.29, 0.717) is 6.54 Å². The highest BCUT2D eigenvalue weighted by Crippen LogP contribution is 2.30. The lowest BCUT2D eigenvalue weighted by atomic mass is 10.1. The predicted molar refractivity (Wildman–Crippen MR) is 82.9 cm³/mol. The van der Waals surface area contributed by atoms with Gasteiger partial charge in [0.1, 0.15) is 11.5 Å². The molecule has 0 aliphatic heterocycles. The molecule has 0 atom stereocenters. The maximum Gasteiger partial charge on any atom is 0.130 e. The van der Waals surface area contributed by atoms with Crippen molar-refractivity contribution in [3.8, 4) is 11.5 Å². The van der Waals surface area contributed by atoms with Crippen LogP contribution in [0, 0.1) is 13.8 Å². The van der Waals surface area contributed by atoms with Gasteiger partial charge in [-0.15, -0.1) is 0 Å². The van der Waals surface area contributed by atoms with Crippen molar-refractivity contribution in [2.24, 2.45) is 5.73 Å². The number of benzene rings is 2. The number of hydrogen-bond donors (Lipinski definition) is 1. The highest BCUT2D eigenvalue weighted by atomic mass is 79.9. The third kappa shape index (κ3) is 3.58. The number of hydrogen-bond acceptors (Lipinski definition) is 2. The Balaban J connectivity index is 2.29. The van der Waals surface area contributed by atoms with E-state index in [9.17, 15) is 0 Å². The fourth-order valence-electron chi connectivity index (χ4n) is 1.92. The van der Waals surface area contributed by atoms with E-state index in [0.717, 1.165) is 33.5 Å². The molecule has 0 spiro atoms. The molecule has 2 rings (SSSR count). The topological polar surface area (TPSA) is 35.2 Å². The number of aryl methyl sites for hydroxylation is 2. The Morgan fingerprint density at radius 2 is 1.79 bits per heavy atom. The first-order valence-electron chi connectivity index (χ1n) is 6.34. The summed E-state index contributed by atoms with van der Waals surface area (Å²) in [7, 11) is 0. The number of ether oxygens (including phenoxy) is 1. The van der Waals surface area contributed by atoms with Gasteiger partial charge in [0, 0.05) is 4.47 Å². The number of rotatable bonds is 4. The highest BCUT2D eigenvalue weighted by Gasteiger charge is 2.06. The molecule has 0 unspecified atom stereocenters. The normalized spacial score (nSPS) is 10.5. The minimum Gasteiger partial charge on any atom is -0.457 e. The highest BCUT2D eigenvalue weighted by molar-refractivity contribution is 9.10. The lowest BCUT2D eigenvalue weighted by Crippen LogP contribution is -2.03. The Bertz CT molecular complexity index is 581. The predicted octanol–water partition coefficient (Wildman–Crippen LogP) is 4.36. The Labute approximate surface area is 122 Å². The molecule has 3 heteroatoms. The Kier molecular flexibility index (Phi) is 4.61. The van der Waals surface area contributed by atoms with E-state index in [4.69, 9.17) is 10.5 Å². The second-order valence-electron chi connectivity index (χ2n) is 4.65. The molecule has 0 radical (unpaired) electrons. The van der Waals surface area contributed by atoms with Crippen molar-refractivity contribution in [3.63, 3.8) is 0 Å². The van der Waals surface area contributed by atoms with E-state index < -0.39 is 0 Å². The van der Waals surface area contributed by atoms with Crippen molar-refractivity contribution in [1.29, 1.82) is 0 Å². The minimum absolute atomic E-state index is 0.653. The molecular weight excluding hydrogens is 302 g/mol.